The average Bonchev–Trinajstić information content (AvgIpc) is 3.36. The smallest absolute Gasteiger partial charge is 0.302 e. The van der Waals surface area contributed by atoms with E-state index < -0.39 is 34.4 Å². The van der Waals surface area contributed by atoms with Crippen molar-refractivity contribution in [1.82, 2.24) is 0 Å². The summed E-state index contributed by atoms with van der Waals surface area (Å²) < 4.78 is 11.4. The molecule has 1 aromatic rings. The van der Waals surface area contributed by atoms with Crippen LogP contribution in [0.4, 0.5) is 0 Å². The summed E-state index contributed by atoms with van der Waals surface area (Å²) in [5.74, 6) is -0.598. The minimum absolute atomic E-state index is 0.0119. The summed E-state index contributed by atoms with van der Waals surface area (Å²) in [6.45, 7) is 11.9. The van der Waals surface area contributed by atoms with E-state index in [-0.39, 0.29) is 40.7 Å². The van der Waals surface area contributed by atoms with E-state index in [9.17, 15) is 19.5 Å². The molecule has 0 bridgehead atoms. The monoisotopic (exact) mass is 470 g/mol. The number of carbonyl (C=O) groups excluding carboxylic acids is 3. The second-order valence-electron chi connectivity index (χ2n) is 12.8. The molecule has 186 valence electrons. The molecule has 0 amide bonds. The van der Waals surface area contributed by atoms with Crippen LogP contribution in [0.5, 0.6) is 0 Å². The number of esters is 1. The number of carbonyl (C=O) groups is 3. The Bertz CT molecular complexity index is 1030. The van der Waals surface area contributed by atoms with Gasteiger partial charge in [0.25, 0.3) is 0 Å². The van der Waals surface area contributed by atoms with Gasteiger partial charge in [-0.1, -0.05) is 34.6 Å². The minimum Gasteiger partial charge on any atom is -0.472 e. The highest BCUT2D eigenvalue weighted by atomic mass is 16.5. The first-order valence-electron chi connectivity index (χ1n) is 12.7. The van der Waals surface area contributed by atoms with Gasteiger partial charge in [0.05, 0.1) is 18.6 Å². The van der Waals surface area contributed by atoms with E-state index >= 15 is 0 Å². The fourth-order valence-electron chi connectivity index (χ4n) is 9.52. The predicted octanol–water partition coefficient (Wildman–Crippen LogP) is 4.69. The molecular formula is C28H38O6. The van der Waals surface area contributed by atoms with E-state index in [1.165, 1.54) is 6.92 Å². The third kappa shape index (κ3) is 2.81. The first kappa shape index (κ1) is 23.8. The number of hydrogen-bond donors (Lipinski definition) is 1. The summed E-state index contributed by atoms with van der Waals surface area (Å²) in [5, 5.41) is 11.8. The molecule has 4 aliphatic rings. The van der Waals surface area contributed by atoms with Gasteiger partial charge in [-0.15, -0.1) is 0 Å². The number of aliphatic hydroxyl groups excluding tert-OH is 1. The number of furan rings is 1. The van der Waals surface area contributed by atoms with Crippen molar-refractivity contribution in [1.29, 1.82) is 0 Å². The normalized spacial score (nSPS) is 47.5. The Kier molecular flexibility index (Phi) is 5.09. The number of hydrogen-bond acceptors (Lipinski definition) is 6. The van der Waals surface area contributed by atoms with Gasteiger partial charge >= 0.3 is 5.97 Å². The number of Topliss-reactive ketones (excluding diaryl/α,β-unsaturated/α-hetero) is 2. The van der Waals surface area contributed by atoms with Gasteiger partial charge in [-0.05, 0) is 48.1 Å². The minimum atomic E-state index is -0.713. The topological polar surface area (TPSA) is 93.8 Å². The molecule has 0 spiro atoms. The number of ether oxygens (including phenoxy) is 1. The predicted molar refractivity (Wildman–Crippen MR) is 125 cm³/mol. The van der Waals surface area contributed by atoms with Crippen molar-refractivity contribution in [3.8, 4) is 0 Å². The first-order valence-corrected chi connectivity index (χ1v) is 12.7. The van der Waals surface area contributed by atoms with Crippen molar-refractivity contribution in [2.24, 2.45) is 39.4 Å². The summed E-state index contributed by atoms with van der Waals surface area (Å²) in [6.07, 6.45) is 4.82. The van der Waals surface area contributed by atoms with E-state index in [0.29, 0.717) is 25.7 Å². The van der Waals surface area contributed by atoms with Gasteiger partial charge in [0, 0.05) is 47.8 Å². The number of rotatable bonds is 2. The van der Waals surface area contributed by atoms with Crippen LogP contribution in [0.15, 0.2) is 23.0 Å². The zero-order chi connectivity index (χ0) is 24.8. The molecule has 0 saturated heterocycles. The van der Waals surface area contributed by atoms with Crippen LogP contribution in [0.1, 0.15) is 85.1 Å². The van der Waals surface area contributed by atoms with Crippen LogP contribution in [0.2, 0.25) is 0 Å². The Morgan fingerprint density at radius 1 is 1.09 bits per heavy atom. The molecular weight excluding hydrogens is 432 g/mol. The Hall–Kier alpha value is -1.95. The lowest BCUT2D eigenvalue weighted by atomic mass is 9.35. The third-order valence-corrected chi connectivity index (χ3v) is 11.1. The molecule has 0 aromatic carbocycles. The fourth-order valence-corrected chi connectivity index (χ4v) is 9.52. The molecule has 4 saturated carbocycles. The van der Waals surface area contributed by atoms with Crippen molar-refractivity contribution < 1.29 is 28.6 Å². The van der Waals surface area contributed by atoms with E-state index in [1.54, 1.807) is 12.5 Å². The Balaban J connectivity index is 1.68. The second kappa shape index (κ2) is 7.28. The molecule has 5 rings (SSSR count). The molecule has 6 nitrogen and oxygen atoms in total. The van der Waals surface area contributed by atoms with Crippen LogP contribution in [0.25, 0.3) is 0 Å². The van der Waals surface area contributed by atoms with Crippen LogP contribution >= 0.6 is 0 Å². The molecule has 0 radical (unpaired) electrons. The highest BCUT2D eigenvalue weighted by Crippen LogP contribution is 2.74. The van der Waals surface area contributed by atoms with Gasteiger partial charge in [-0.25, -0.2) is 0 Å². The molecule has 6 heteroatoms. The third-order valence-electron chi connectivity index (χ3n) is 11.1. The number of aliphatic hydroxyl groups is 1. The summed E-state index contributed by atoms with van der Waals surface area (Å²) in [6, 6.07) is 1.90. The summed E-state index contributed by atoms with van der Waals surface area (Å²) in [4.78, 5) is 39.1. The Morgan fingerprint density at radius 3 is 2.41 bits per heavy atom. The van der Waals surface area contributed by atoms with Crippen molar-refractivity contribution in [3.63, 3.8) is 0 Å². The van der Waals surface area contributed by atoms with E-state index in [2.05, 4.69) is 20.8 Å². The lowest BCUT2D eigenvalue weighted by Crippen LogP contribution is -2.70. The van der Waals surface area contributed by atoms with Crippen LogP contribution in [0.3, 0.4) is 0 Å². The largest absolute Gasteiger partial charge is 0.472 e. The molecule has 0 unspecified atom stereocenters. The maximum absolute atomic E-state index is 13.9. The highest BCUT2D eigenvalue weighted by Gasteiger charge is 2.75. The summed E-state index contributed by atoms with van der Waals surface area (Å²) in [5.41, 5.74) is -1.15. The molecule has 0 aliphatic heterocycles. The molecule has 34 heavy (non-hydrogen) atoms. The van der Waals surface area contributed by atoms with Gasteiger partial charge < -0.3 is 14.3 Å². The standard InChI is InChI=1S/C28H38O6/c1-15(29)34-23-13-20-26(4)9-7-21(31)25(2,3)19(26)12-22(32)28(20,6)24-18(30)11-17(27(23,24)5)16-8-10-33-14-16/h8,10,14,17,19-20,22-24,32H,7,9,11-13H2,1-6H3/t17-,19-,20+,22+,23-,24+,26-,27+,28-/m0/s1. The zero-order valence-electron chi connectivity index (χ0n) is 21.2. The van der Waals surface area contributed by atoms with E-state index in [4.69, 9.17) is 9.15 Å². The van der Waals surface area contributed by atoms with Crippen LogP contribution in [-0.2, 0) is 19.1 Å². The molecule has 4 aliphatic carbocycles. The number of fused-ring (bicyclic) bond motifs is 5. The number of ketones is 2. The quantitative estimate of drug-likeness (QED) is 0.630. The molecule has 1 heterocycles. The van der Waals surface area contributed by atoms with Crippen molar-refractivity contribution in [2.75, 3.05) is 0 Å². The van der Waals surface area contributed by atoms with Crippen LogP contribution in [-0.4, -0.2) is 34.9 Å². The van der Waals surface area contributed by atoms with Gasteiger partial charge in [-0.2, -0.15) is 0 Å². The zero-order valence-corrected chi connectivity index (χ0v) is 21.2. The van der Waals surface area contributed by atoms with Gasteiger partial charge in [0.1, 0.15) is 17.7 Å². The van der Waals surface area contributed by atoms with Crippen molar-refractivity contribution >= 4 is 17.5 Å². The van der Waals surface area contributed by atoms with Crippen molar-refractivity contribution in [3.05, 3.63) is 24.2 Å². The van der Waals surface area contributed by atoms with E-state index in [1.807, 2.05) is 19.9 Å². The first-order chi connectivity index (χ1) is 15.8. The van der Waals surface area contributed by atoms with Crippen LogP contribution < -0.4 is 0 Å². The maximum atomic E-state index is 13.9. The lowest BCUT2D eigenvalue weighted by molar-refractivity contribution is -0.252. The van der Waals surface area contributed by atoms with Crippen molar-refractivity contribution in [2.45, 2.75) is 91.8 Å². The highest BCUT2D eigenvalue weighted by molar-refractivity contribution is 5.88. The average molecular weight is 471 g/mol. The van der Waals surface area contributed by atoms with Crippen LogP contribution in [0, 0.1) is 39.4 Å². The Morgan fingerprint density at radius 2 is 1.79 bits per heavy atom. The SMILES string of the molecule is CC(=O)O[C@H]1C[C@@H]2[C@@]3(C)CCC(=O)C(C)(C)[C@@H]3C[C@@H](O)[C@@]2(C)[C@@H]2C(=O)C[C@@H](c3ccoc3)[C@@]21C. The molecule has 1 aromatic heterocycles. The molecule has 1 N–H and O–H groups in total. The second-order valence-corrected chi connectivity index (χ2v) is 12.8. The van der Waals surface area contributed by atoms with Gasteiger partial charge in [-0.3, -0.25) is 14.4 Å². The molecule has 4 fully saturated rings. The van der Waals surface area contributed by atoms with E-state index in [0.717, 1.165) is 12.0 Å². The summed E-state index contributed by atoms with van der Waals surface area (Å²) in [7, 11) is 0. The Labute approximate surface area is 201 Å². The molecule has 9 atom stereocenters. The van der Waals surface area contributed by atoms with Gasteiger partial charge in [0.15, 0.2) is 0 Å². The summed E-state index contributed by atoms with van der Waals surface area (Å²) >= 11 is 0. The van der Waals surface area contributed by atoms with Gasteiger partial charge in [0.2, 0.25) is 0 Å². The maximum Gasteiger partial charge on any atom is 0.302 e. The lowest BCUT2D eigenvalue weighted by Gasteiger charge is -2.69. The fraction of sp³-hybridized carbons (Fsp3) is 0.750.